The highest BCUT2D eigenvalue weighted by molar-refractivity contribution is 7.92. The minimum atomic E-state index is -4.53. The van der Waals surface area contributed by atoms with E-state index in [0.29, 0.717) is 11.3 Å². The van der Waals surface area contributed by atoms with E-state index in [4.69, 9.17) is 4.74 Å². The highest BCUT2D eigenvalue weighted by Crippen LogP contribution is 2.30. The SMILES string of the molecule is CC[C@H](C(=O)NC1CCCC1)N(Cc1ccc(F)cc1)C(=O)CN(c1ccc(OC)cc1)S(=O)(=O)c1ccc(C)c([N+](=O)[O-])c1. The maximum absolute atomic E-state index is 14.2. The van der Waals surface area contributed by atoms with Crippen LogP contribution in [-0.4, -0.2) is 55.8 Å². The van der Waals surface area contributed by atoms with Crippen LogP contribution >= 0.6 is 0 Å². The summed E-state index contributed by atoms with van der Waals surface area (Å²) in [5, 5.41) is 14.7. The normalized spacial score (nSPS) is 14.0. The Bertz CT molecular complexity index is 1630. The molecule has 0 aliphatic heterocycles. The number of carbonyl (C=O) groups excluding carboxylic acids is 2. The summed E-state index contributed by atoms with van der Waals surface area (Å²) in [7, 11) is -3.08. The Balaban J connectivity index is 1.75. The molecule has 0 unspecified atom stereocenters. The van der Waals surface area contributed by atoms with Crippen LogP contribution in [0.3, 0.4) is 0 Å². The number of nitrogens with zero attached hydrogens (tertiary/aromatic N) is 3. The van der Waals surface area contributed by atoms with Crippen LogP contribution in [0.2, 0.25) is 0 Å². The van der Waals surface area contributed by atoms with Gasteiger partial charge in [-0.25, -0.2) is 12.8 Å². The monoisotopic (exact) mass is 640 g/mol. The Hall–Kier alpha value is -4.52. The third-order valence-electron chi connectivity index (χ3n) is 7.96. The molecule has 1 aliphatic rings. The third kappa shape index (κ3) is 7.96. The van der Waals surface area contributed by atoms with E-state index in [1.807, 2.05) is 0 Å². The first kappa shape index (κ1) is 33.4. The maximum atomic E-state index is 14.2. The standard InChI is InChI=1S/C32H37FN4O7S/c1-4-29(32(39)34-25-7-5-6-8-25)35(20-23-10-12-24(33)13-11-23)31(38)21-36(26-14-16-27(44-3)17-15-26)45(42,43)28-18-9-22(2)30(19-28)37(40)41/h9-19,25,29H,4-8,20-21H2,1-3H3,(H,34,39)/t29-/m1/s1. The van der Waals surface area contributed by atoms with Gasteiger partial charge in [0.1, 0.15) is 24.2 Å². The average Bonchev–Trinajstić information content (AvgIpc) is 3.53. The predicted molar refractivity (Wildman–Crippen MR) is 167 cm³/mol. The molecular formula is C32H37FN4O7S. The number of nitro benzene ring substituents is 1. The number of amides is 2. The fourth-order valence-electron chi connectivity index (χ4n) is 5.42. The molecule has 4 rings (SSSR count). The first-order chi connectivity index (χ1) is 21.4. The van der Waals surface area contributed by atoms with E-state index in [1.54, 1.807) is 6.92 Å². The Labute approximate surface area is 262 Å². The molecule has 0 bridgehead atoms. The van der Waals surface area contributed by atoms with Crippen molar-refractivity contribution in [1.82, 2.24) is 10.2 Å². The number of aryl methyl sites for hydroxylation is 1. The summed E-state index contributed by atoms with van der Waals surface area (Å²) < 4.78 is 48.0. The number of anilines is 1. The van der Waals surface area contributed by atoms with Gasteiger partial charge in [-0.1, -0.05) is 38.0 Å². The van der Waals surface area contributed by atoms with Crippen molar-refractivity contribution in [3.63, 3.8) is 0 Å². The Morgan fingerprint density at radius 2 is 1.71 bits per heavy atom. The summed E-state index contributed by atoms with van der Waals surface area (Å²) in [6.07, 6.45) is 3.89. The zero-order valence-electron chi connectivity index (χ0n) is 25.4. The largest absolute Gasteiger partial charge is 0.497 e. The molecule has 1 fully saturated rings. The number of hydrogen-bond donors (Lipinski definition) is 1. The number of methoxy groups -OCH3 is 1. The number of rotatable bonds is 13. The molecule has 11 nitrogen and oxygen atoms in total. The fourth-order valence-corrected chi connectivity index (χ4v) is 6.86. The van der Waals surface area contributed by atoms with E-state index in [-0.39, 0.29) is 46.7 Å². The Kier molecular flexibility index (Phi) is 10.8. The third-order valence-corrected chi connectivity index (χ3v) is 9.73. The molecule has 45 heavy (non-hydrogen) atoms. The van der Waals surface area contributed by atoms with Gasteiger partial charge in [-0.15, -0.1) is 0 Å². The van der Waals surface area contributed by atoms with Crippen LogP contribution in [0.5, 0.6) is 5.75 Å². The fraction of sp³-hybridized carbons (Fsp3) is 0.375. The lowest BCUT2D eigenvalue weighted by molar-refractivity contribution is -0.385. The summed E-state index contributed by atoms with van der Waals surface area (Å²) in [5.41, 5.74) is 0.544. The van der Waals surface area contributed by atoms with Gasteiger partial charge in [-0.05, 0) is 74.2 Å². The lowest BCUT2D eigenvalue weighted by atomic mass is 10.1. The van der Waals surface area contributed by atoms with Gasteiger partial charge in [0.05, 0.1) is 22.6 Å². The minimum Gasteiger partial charge on any atom is -0.497 e. The molecule has 2 amide bonds. The van der Waals surface area contributed by atoms with Crippen molar-refractivity contribution in [2.75, 3.05) is 18.0 Å². The molecule has 13 heteroatoms. The van der Waals surface area contributed by atoms with Gasteiger partial charge >= 0.3 is 0 Å². The highest BCUT2D eigenvalue weighted by atomic mass is 32.2. The minimum absolute atomic E-state index is 0.0113. The summed E-state index contributed by atoms with van der Waals surface area (Å²) in [5.74, 6) is -1.06. The van der Waals surface area contributed by atoms with Crippen molar-refractivity contribution in [3.05, 3.63) is 93.8 Å². The number of hydrogen-bond acceptors (Lipinski definition) is 7. The molecular weight excluding hydrogens is 603 g/mol. The summed E-state index contributed by atoms with van der Waals surface area (Å²) in [6.45, 7) is 2.45. The number of carbonyl (C=O) groups is 2. The van der Waals surface area contributed by atoms with Crippen LogP contribution in [0.25, 0.3) is 0 Å². The van der Waals surface area contributed by atoms with Crippen molar-refractivity contribution in [3.8, 4) is 5.75 Å². The van der Waals surface area contributed by atoms with Gasteiger partial charge in [-0.3, -0.25) is 24.0 Å². The summed E-state index contributed by atoms with van der Waals surface area (Å²) >= 11 is 0. The first-order valence-corrected chi connectivity index (χ1v) is 16.1. The van der Waals surface area contributed by atoms with Crippen molar-refractivity contribution in [2.45, 2.75) is 69.5 Å². The van der Waals surface area contributed by atoms with Gasteiger partial charge < -0.3 is 15.0 Å². The van der Waals surface area contributed by atoms with E-state index < -0.39 is 39.3 Å². The van der Waals surface area contributed by atoms with Crippen LogP contribution in [0.1, 0.15) is 50.2 Å². The highest BCUT2D eigenvalue weighted by Gasteiger charge is 2.35. The smallest absolute Gasteiger partial charge is 0.273 e. The lowest BCUT2D eigenvalue weighted by Gasteiger charge is -2.33. The zero-order chi connectivity index (χ0) is 32.7. The average molecular weight is 641 g/mol. The molecule has 0 aromatic heterocycles. The molecule has 0 spiro atoms. The topological polar surface area (TPSA) is 139 Å². The van der Waals surface area contributed by atoms with Crippen LogP contribution < -0.4 is 14.4 Å². The van der Waals surface area contributed by atoms with Gasteiger partial charge in [0.25, 0.3) is 15.7 Å². The maximum Gasteiger partial charge on any atom is 0.273 e. The quantitative estimate of drug-likeness (QED) is 0.202. The molecule has 1 aliphatic carbocycles. The van der Waals surface area contributed by atoms with Crippen LogP contribution in [-0.2, 0) is 26.2 Å². The van der Waals surface area contributed by atoms with E-state index in [1.165, 1.54) is 79.6 Å². The van der Waals surface area contributed by atoms with Crippen molar-refractivity contribution in [1.29, 1.82) is 0 Å². The number of halogens is 1. The van der Waals surface area contributed by atoms with Crippen LogP contribution in [0, 0.1) is 22.9 Å². The molecule has 0 saturated heterocycles. The molecule has 1 N–H and O–H groups in total. The molecule has 3 aromatic rings. The number of sulfonamides is 1. The number of nitro groups is 1. The first-order valence-electron chi connectivity index (χ1n) is 14.7. The lowest BCUT2D eigenvalue weighted by Crippen LogP contribution is -2.53. The zero-order valence-corrected chi connectivity index (χ0v) is 26.3. The van der Waals surface area contributed by atoms with Gasteiger partial charge in [0.2, 0.25) is 11.8 Å². The van der Waals surface area contributed by atoms with Gasteiger partial charge in [0.15, 0.2) is 0 Å². The van der Waals surface area contributed by atoms with E-state index in [9.17, 15) is 32.5 Å². The molecule has 0 heterocycles. The Morgan fingerprint density at radius 3 is 2.29 bits per heavy atom. The summed E-state index contributed by atoms with van der Waals surface area (Å²) in [4.78, 5) is 39.6. The Morgan fingerprint density at radius 1 is 1.07 bits per heavy atom. The predicted octanol–water partition coefficient (Wildman–Crippen LogP) is 5.11. The second-order valence-corrected chi connectivity index (χ2v) is 12.8. The number of benzene rings is 3. The number of ether oxygens (including phenoxy) is 1. The summed E-state index contributed by atoms with van der Waals surface area (Å²) in [6, 6.07) is 14.1. The molecule has 1 atom stereocenters. The van der Waals surface area contributed by atoms with E-state index >= 15 is 0 Å². The van der Waals surface area contributed by atoms with Crippen LogP contribution in [0.4, 0.5) is 15.8 Å². The molecule has 1 saturated carbocycles. The van der Waals surface area contributed by atoms with Crippen molar-refractivity contribution < 1.29 is 32.1 Å². The van der Waals surface area contributed by atoms with Crippen molar-refractivity contribution in [2.24, 2.45) is 0 Å². The van der Waals surface area contributed by atoms with Crippen LogP contribution in [0.15, 0.2) is 71.6 Å². The second kappa shape index (κ2) is 14.5. The number of nitrogens with one attached hydrogen (secondary N) is 1. The molecule has 3 aromatic carbocycles. The van der Waals surface area contributed by atoms with E-state index in [2.05, 4.69) is 5.32 Å². The molecule has 240 valence electrons. The van der Waals surface area contributed by atoms with Gasteiger partial charge in [0, 0.05) is 24.2 Å². The van der Waals surface area contributed by atoms with Crippen molar-refractivity contribution >= 4 is 33.2 Å². The van der Waals surface area contributed by atoms with Gasteiger partial charge in [-0.2, -0.15) is 0 Å². The van der Waals surface area contributed by atoms with E-state index in [0.717, 1.165) is 36.1 Å². The molecule has 0 radical (unpaired) electrons. The second-order valence-electron chi connectivity index (χ2n) is 11.0.